The molecule has 1 aromatic heterocycles. The minimum absolute atomic E-state index is 0. The van der Waals surface area contributed by atoms with E-state index < -0.39 is 0 Å². The number of carbonyl (C=O) groups is 1. The Morgan fingerprint density at radius 1 is 1.33 bits per heavy atom. The van der Waals surface area contributed by atoms with Crippen LogP contribution in [0.3, 0.4) is 0 Å². The van der Waals surface area contributed by atoms with E-state index in [2.05, 4.69) is 22.1 Å². The molecular weight excluding hydrogens is 304 g/mol. The van der Waals surface area contributed by atoms with Crippen LogP contribution in [-0.2, 0) is 11.2 Å². The summed E-state index contributed by atoms with van der Waals surface area (Å²) in [6.45, 7) is 0. The van der Waals surface area contributed by atoms with Crippen molar-refractivity contribution in [1.82, 2.24) is 5.32 Å². The van der Waals surface area contributed by atoms with Crippen LogP contribution in [0, 0.1) is 11.8 Å². The topological polar surface area (TPSA) is 55.1 Å². The average Bonchev–Trinajstić information content (AvgIpc) is 2.91. The van der Waals surface area contributed by atoms with Crippen molar-refractivity contribution < 1.29 is 4.79 Å². The molecule has 2 fully saturated rings. The third-order valence-electron chi connectivity index (χ3n) is 4.93. The smallest absolute Gasteiger partial charge is 0.220 e. The fourth-order valence-corrected chi connectivity index (χ4v) is 4.68. The van der Waals surface area contributed by atoms with E-state index in [0.717, 1.165) is 19.3 Å². The molecule has 3 nitrogen and oxygen atoms in total. The molecule has 2 atom stereocenters. The molecule has 2 saturated carbocycles. The molecule has 118 valence electrons. The molecular formula is C16H25ClN2OS. The van der Waals surface area contributed by atoms with Crippen LogP contribution >= 0.6 is 23.7 Å². The largest absolute Gasteiger partial charge is 0.353 e. The van der Waals surface area contributed by atoms with Crippen LogP contribution in [0.2, 0.25) is 0 Å². The molecule has 0 aliphatic heterocycles. The fourth-order valence-electron chi connectivity index (χ4n) is 3.98. The van der Waals surface area contributed by atoms with Gasteiger partial charge in [0.05, 0.1) is 0 Å². The van der Waals surface area contributed by atoms with E-state index in [0.29, 0.717) is 30.3 Å². The monoisotopic (exact) mass is 328 g/mol. The van der Waals surface area contributed by atoms with Crippen molar-refractivity contribution in [3.05, 3.63) is 22.4 Å². The number of hydrogen-bond donors (Lipinski definition) is 2. The minimum Gasteiger partial charge on any atom is -0.353 e. The first-order valence-corrected chi connectivity index (χ1v) is 8.72. The molecule has 0 radical (unpaired) electrons. The van der Waals surface area contributed by atoms with Gasteiger partial charge in [-0.05, 0) is 66.3 Å². The van der Waals surface area contributed by atoms with Gasteiger partial charge >= 0.3 is 0 Å². The second kappa shape index (κ2) is 7.61. The van der Waals surface area contributed by atoms with E-state index in [1.165, 1.54) is 24.8 Å². The second-order valence-corrected chi connectivity index (χ2v) is 7.19. The van der Waals surface area contributed by atoms with Gasteiger partial charge in [-0.3, -0.25) is 4.79 Å². The van der Waals surface area contributed by atoms with Gasteiger partial charge in [0.2, 0.25) is 5.91 Å². The molecule has 5 heteroatoms. The van der Waals surface area contributed by atoms with E-state index in [9.17, 15) is 4.79 Å². The van der Waals surface area contributed by atoms with Gasteiger partial charge in [0.1, 0.15) is 0 Å². The summed E-state index contributed by atoms with van der Waals surface area (Å²) in [5, 5.41) is 7.51. The highest BCUT2D eigenvalue weighted by Crippen LogP contribution is 2.39. The fraction of sp³-hybridized carbons (Fsp3) is 0.688. The Hall–Kier alpha value is -0.580. The molecule has 0 aromatic carbocycles. The predicted molar refractivity (Wildman–Crippen MR) is 89.9 cm³/mol. The van der Waals surface area contributed by atoms with Gasteiger partial charge in [0.15, 0.2) is 0 Å². The average molecular weight is 329 g/mol. The number of hydrogen-bond acceptors (Lipinski definition) is 3. The maximum absolute atomic E-state index is 12.2. The van der Waals surface area contributed by atoms with Gasteiger partial charge in [0, 0.05) is 18.5 Å². The summed E-state index contributed by atoms with van der Waals surface area (Å²) >= 11 is 1.70. The zero-order valence-corrected chi connectivity index (χ0v) is 13.9. The molecule has 2 aliphatic carbocycles. The van der Waals surface area contributed by atoms with Crippen molar-refractivity contribution in [3.63, 3.8) is 0 Å². The first-order chi connectivity index (χ1) is 9.72. The molecule has 2 unspecified atom stereocenters. The lowest BCUT2D eigenvalue weighted by Gasteiger charge is -2.45. The number of amides is 1. The van der Waals surface area contributed by atoms with Gasteiger partial charge in [-0.15, -0.1) is 12.4 Å². The Morgan fingerprint density at radius 3 is 2.67 bits per heavy atom. The lowest BCUT2D eigenvalue weighted by atomic mass is 9.67. The van der Waals surface area contributed by atoms with Crippen molar-refractivity contribution in [1.29, 1.82) is 0 Å². The Balaban J connectivity index is 0.00000161. The van der Waals surface area contributed by atoms with Crippen LogP contribution in [0.15, 0.2) is 16.8 Å². The Morgan fingerprint density at radius 2 is 2.05 bits per heavy atom. The molecule has 1 heterocycles. The molecule has 3 rings (SSSR count). The van der Waals surface area contributed by atoms with Crippen LogP contribution in [0.25, 0.3) is 0 Å². The van der Waals surface area contributed by atoms with E-state index in [1.54, 1.807) is 11.3 Å². The molecule has 21 heavy (non-hydrogen) atoms. The molecule has 0 spiro atoms. The van der Waals surface area contributed by atoms with Crippen molar-refractivity contribution in [2.24, 2.45) is 17.6 Å². The quantitative estimate of drug-likeness (QED) is 0.892. The summed E-state index contributed by atoms with van der Waals surface area (Å²) in [6, 6.07) is 2.84. The van der Waals surface area contributed by atoms with Crippen LogP contribution < -0.4 is 11.1 Å². The molecule has 1 aromatic rings. The van der Waals surface area contributed by atoms with Gasteiger partial charge in [-0.25, -0.2) is 0 Å². The normalized spacial score (nSPS) is 31.3. The number of thiophene rings is 1. The first kappa shape index (κ1) is 16.8. The highest BCUT2D eigenvalue weighted by molar-refractivity contribution is 7.07. The zero-order valence-electron chi connectivity index (χ0n) is 12.3. The van der Waals surface area contributed by atoms with Crippen LogP contribution in [0.4, 0.5) is 0 Å². The van der Waals surface area contributed by atoms with Crippen molar-refractivity contribution >= 4 is 29.7 Å². The van der Waals surface area contributed by atoms with Crippen molar-refractivity contribution in [2.45, 2.75) is 57.0 Å². The van der Waals surface area contributed by atoms with Crippen LogP contribution in [0.5, 0.6) is 0 Å². The lowest BCUT2D eigenvalue weighted by Crippen LogP contribution is -2.53. The number of fused-ring (bicyclic) bond motifs is 2. The lowest BCUT2D eigenvalue weighted by molar-refractivity contribution is -0.123. The molecule has 2 bridgehead atoms. The molecule has 3 N–H and O–H groups in total. The summed E-state index contributed by atoms with van der Waals surface area (Å²) in [4.78, 5) is 12.2. The maximum atomic E-state index is 12.2. The van der Waals surface area contributed by atoms with Gasteiger partial charge < -0.3 is 11.1 Å². The minimum atomic E-state index is 0. The predicted octanol–water partition coefficient (Wildman–Crippen LogP) is 3.12. The summed E-state index contributed by atoms with van der Waals surface area (Å²) in [5.41, 5.74) is 7.40. The summed E-state index contributed by atoms with van der Waals surface area (Å²) in [6.07, 6.45) is 7.43. The SMILES string of the molecule is Cl.NC1CC2CCCC(C1)C2NC(=O)CCc1ccsc1. The number of halogens is 1. The number of nitrogens with one attached hydrogen (secondary N) is 1. The Kier molecular flexibility index (Phi) is 6.08. The number of rotatable bonds is 4. The van der Waals surface area contributed by atoms with Crippen molar-refractivity contribution in [2.75, 3.05) is 0 Å². The van der Waals surface area contributed by atoms with E-state index >= 15 is 0 Å². The number of aryl methyl sites for hydroxylation is 1. The summed E-state index contributed by atoms with van der Waals surface area (Å²) in [7, 11) is 0. The number of nitrogens with two attached hydrogens (primary N) is 1. The third kappa shape index (κ3) is 4.21. The molecule has 2 aliphatic rings. The van der Waals surface area contributed by atoms with Gasteiger partial charge in [-0.1, -0.05) is 6.42 Å². The molecule has 1 amide bonds. The van der Waals surface area contributed by atoms with E-state index in [-0.39, 0.29) is 18.3 Å². The summed E-state index contributed by atoms with van der Waals surface area (Å²) < 4.78 is 0. The standard InChI is InChI=1S/C16H24N2OS.ClH/c17-14-8-12-2-1-3-13(9-14)16(12)18-15(19)5-4-11-6-7-20-10-11;/h6-7,10,12-14,16H,1-5,8-9,17H2,(H,18,19);1H. The van der Waals surface area contributed by atoms with E-state index in [1.807, 2.05) is 0 Å². The Bertz CT molecular complexity index is 437. The van der Waals surface area contributed by atoms with Crippen LogP contribution in [0.1, 0.15) is 44.1 Å². The Labute approximate surface area is 137 Å². The summed E-state index contributed by atoms with van der Waals surface area (Å²) in [5.74, 6) is 1.44. The van der Waals surface area contributed by atoms with Crippen molar-refractivity contribution in [3.8, 4) is 0 Å². The first-order valence-electron chi connectivity index (χ1n) is 7.78. The highest BCUT2D eigenvalue weighted by Gasteiger charge is 2.39. The van der Waals surface area contributed by atoms with Crippen LogP contribution in [-0.4, -0.2) is 18.0 Å². The third-order valence-corrected chi connectivity index (χ3v) is 5.66. The molecule has 0 saturated heterocycles. The van der Waals surface area contributed by atoms with Gasteiger partial charge in [-0.2, -0.15) is 11.3 Å². The van der Waals surface area contributed by atoms with E-state index in [4.69, 9.17) is 5.73 Å². The highest BCUT2D eigenvalue weighted by atomic mass is 35.5. The van der Waals surface area contributed by atoms with Gasteiger partial charge in [0.25, 0.3) is 0 Å². The number of carbonyl (C=O) groups excluding carboxylic acids is 1. The maximum Gasteiger partial charge on any atom is 0.220 e. The second-order valence-electron chi connectivity index (χ2n) is 6.41. The zero-order chi connectivity index (χ0) is 13.9.